The van der Waals surface area contributed by atoms with E-state index in [1.54, 1.807) is 6.20 Å². The Balaban J connectivity index is 2.19. The molecule has 0 spiro atoms. The summed E-state index contributed by atoms with van der Waals surface area (Å²) in [5.41, 5.74) is 7.04. The van der Waals surface area contributed by atoms with E-state index in [1.165, 1.54) is 19.3 Å². The highest BCUT2D eigenvalue weighted by molar-refractivity contribution is 6.30. The van der Waals surface area contributed by atoms with E-state index in [1.807, 2.05) is 13.1 Å². The smallest absolute Gasteiger partial charge is 0.126 e. The van der Waals surface area contributed by atoms with Crippen molar-refractivity contribution in [3.63, 3.8) is 0 Å². The minimum absolute atomic E-state index is 0.498. The molecule has 0 saturated heterocycles. The molecule has 4 heteroatoms. The lowest BCUT2D eigenvalue weighted by Crippen LogP contribution is -2.30. The Bertz CT molecular complexity index is 367. The number of nitrogens with zero attached hydrogens (tertiary/aromatic N) is 1. The molecule has 1 aromatic rings. The van der Waals surface area contributed by atoms with Gasteiger partial charge in [-0.15, -0.1) is 0 Å². The van der Waals surface area contributed by atoms with E-state index < -0.39 is 0 Å². The molecule has 2 rings (SSSR count). The molecule has 1 heterocycles. The number of hydrogen-bond acceptors (Lipinski definition) is 3. The van der Waals surface area contributed by atoms with Crippen LogP contribution in [0.1, 0.15) is 37.2 Å². The molecule has 1 aliphatic rings. The second-order valence-electron chi connectivity index (χ2n) is 4.48. The van der Waals surface area contributed by atoms with Gasteiger partial charge in [-0.1, -0.05) is 18.0 Å². The number of rotatable bonds is 2. The number of hydrogen-bond donors (Lipinski definition) is 2. The van der Waals surface area contributed by atoms with Gasteiger partial charge >= 0.3 is 0 Å². The second kappa shape index (κ2) is 5.02. The molecule has 1 saturated carbocycles. The minimum atomic E-state index is 0.498. The summed E-state index contributed by atoms with van der Waals surface area (Å²) in [4.78, 5) is 4.13. The van der Waals surface area contributed by atoms with Crippen LogP contribution in [-0.4, -0.2) is 18.1 Å². The first-order valence-corrected chi connectivity index (χ1v) is 6.16. The molecule has 0 aliphatic heterocycles. The Labute approximate surface area is 101 Å². The van der Waals surface area contributed by atoms with Gasteiger partial charge in [0.2, 0.25) is 0 Å². The van der Waals surface area contributed by atoms with Gasteiger partial charge in [0.1, 0.15) is 5.82 Å². The van der Waals surface area contributed by atoms with Crippen LogP contribution in [0.5, 0.6) is 0 Å². The van der Waals surface area contributed by atoms with Gasteiger partial charge in [0.05, 0.1) is 5.02 Å². The van der Waals surface area contributed by atoms with E-state index >= 15 is 0 Å². The average molecular weight is 240 g/mol. The van der Waals surface area contributed by atoms with Gasteiger partial charge in [-0.05, 0) is 43.9 Å². The molecule has 0 radical (unpaired) electrons. The highest BCUT2D eigenvalue weighted by atomic mass is 35.5. The van der Waals surface area contributed by atoms with Gasteiger partial charge in [-0.2, -0.15) is 0 Å². The van der Waals surface area contributed by atoms with Crippen LogP contribution >= 0.6 is 11.6 Å². The van der Waals surface area contributed by atoms with Crippen molar-refractivity contribution in [2.24, 2.45) is 0 Å². The Morgan fingerprint density at radius 2 is 2.31 bits per heavy atom. The van der Waals surface area contributed by atoms with Crippen LogP contribution in [-0.2, 0) is 0 Å². The zero-order valence-electron chi connectivity index (χ0n) is 9.54. The van der Waals surface area contributed by atoms with Crippen LogP contribution in [0.25, 0.3) is 0 Å². The van der Waals surface area contributed by atoms with Gasteiger partial charge in [0.15, 0.2) is 0 Å². The van der Waals surface area contributed by atoms with Crippen LogP contribution < -0.4 is 11.1 Å². The third-order valence-corrected chi connectivity index (χ3v) is 3.65. The van der Waals surface area contributed by atoms with E-state index in [2.05, 4.69) is 10.3 Å². The normalized spacial score (nSPS) is 25.6. The average Bonchev–Trinajstić information content (AvgIpc) is 2.32. The Morgan fingerprint density at radius 1 is 1.50 bits per heavy atom. The number of anilines is 1. The summed E-state index contributed by atoms with van der Waals surface area (Å²) in [5, 5.41) is 4.02. The van der Waals surface area contributed by atoms with Crippen molar-refractivity contribution >= 4 is 17.4 Å². The van der Waals surface area contributed by atoms with E-state index in [0.29, 0.717) is 22.8 Å². The van der Waals surface area contributed by atoms with Gasteiger partial charge in [-0.25, -0.2) is 4.98 Å². The lowest BCUT2D eigenvalue weighted by molar-refractivity contribution is 0.355. The first-order valence-electron chi connectivity index (χ1n) is 5.79. The van der Waals surface area contributed by atoms with Crippen molar-refractivity contribution in [1.29, 1.82) is 0 Å². The van der Waals surface area contributed by atoms with Crippen molar-refractivity contribution in [3.05, 3.63) is 22.8 Å². The van der Waals surface area contributed by atoms with Crippen molar-refractivity contribution in [2.75, 3.05) is 12.8 Å². The quantitative estimate of drug-likeness (QED) is 0.834. The molecular weight excluding hydrogens is 222 g/mol. The maximum Gasteiger partial charge on any atom is 0.126 e. The van der Waals surface area contributed by atoms with Gasteiger partial charge in [-0.3, -0.25) is 0 Å². The first-order chi connectivity index (χ1) is 7.70. The van der Waals surface area contributed by atoms with E-state index in [4.69, 9.17) is 17.3 Å². The number of aromatic nitrogens is 1. The number of pyridine rings is 1. The zero-order chi connectivity index (χ0) is 11.5. The fourth-order valence-electron chi connectivity index (χ4n) is 2.53. The lowest BCUT2D eigenvalue weighted by Gasteiger charge is -2.29. The summed E-state index contributed by atoms with van der Waals surface area (Å²) in [6.07, 6.45) is 6.41. The number of halogens is 1. The largest absolute Gasteiger partial charge is 0.383 e. The Morgan fingerprint density at radius 3 is 3.06 bits per heavy atom. The predicted molar refractivity (Wildman–Crippen MR) is 67.7 cm³/mol. The summed E-state index contributed by atoms with van der Waals surface area (Å²) in [6.45, 7) is 0. The third-order valence-electron chi connectivity index (χ3n) is 3.44. The molecule has 0 aromatic carbocycles. The van der Waals surface area contributed by atoms with Crippen LogP contribution in [0.4, 0.5) is 5.82 Å². The van der Waals surface area contributed by atoms with Crippen molar-refractivity contribution in [1.82, 2.24) is 10.3 Å². The summed E-state index contributed by atoms with van der Waals surface area (Å²) in [6, 6.07) is 2.56. The van der Waals surface area contributed by atoms with Crippen molar-refractivity contribution in [3.8, 4) is 0 Å². The molecule has 2 unspecified atom stereocenters. The summed E-state index contributed by atoms with van der Waals surface area (Å²) < 4.78 is 0. The van der Waals surface area contributed by atoms with Gasteiger partial charge in [0, 0.05) is 12.2 Å². The minimum Gasteiger partial charge on any atom is -0.383 e. The number of nitrogens with two attached hydrogens (primary N) is 1. The van der Waals surface area contributed by atoms with Crippen LogP contribution in [0.15, 0.2) is 12.3 Å². The van der Waals surface area contributed by atoms with Crippen LogP contribution in [0.3, 0.4) is 0 Å². The van der Waals surface area contributed by atoms with E-state index in [0.717, 1.165) is 12.0 Å². The topological polar surface area (TPSA) is 50.9 Å². The molecular formula is C12H18ClN3. The molecule has 0 amide bonds. The monoisotopic (exact) mass is 239 g/mol. The SMILES string of the molecule is CNC1CCCC(c2cc(Cl)cnc2N)C1. The molecule has 1 aromatic heterocycles. The Hall–Kier alpha value is -0.800. The highest BCUT2D eigenvalue weighted by Crippen LogP contribution is 2.35. The molecule has 3 nitrogen and oxygen atoms in total. The molecule has 1 fully saturated rings. The predicted octanol–water partition coefficient (Wildman–Crippen LogP) is 2.56. The van der Waals surface area contributed by atoms with Crippen LogP contribution in [0, 0.1) is 0 Å². The lowest BCUT2D eigenvalue weighted by atomic mass is 9.81. The fourth-order valence-corrected chi connectivity index (χ4v) is 2.69. The number of nitrogen functional groups attached to an aromatic ring is 1. The molecule has 2 atom stereocenters. The van der Waals surface area contributed by atoms with Crippen molar-refractivity contribution < 1.29 is 0 Å². The summed E-state index contributed by atoms with van der Waals surface area (Å²) in [5.74, 6) is 1.13. The van der Waals surface area contributed by atoms with Gasteiger partial charge in [0.25, 0.3) is 0 Å². The molecule has 88 valence electrons. The van der Waals surface area contributed by atoms with Gasteiger partial charge < -0.3 is 11.1 Å². The first kappa shape index (κ1) is 11.7. The van der Waals surface area contributed by atoms with E-state index in [-0.39, 0.29) is 0 Å². The maximum absolute atomic E-state index is 5.97. The summed E-state index contributed by atoms with van der Waals surface area (Å²) >= 11 is 5.97. The van der Waals surface area contributed by atoms with Crippen molar-refractivity contribution in [2.45, 2.75) is 37.6 Å². The Kier molecular flexibility index (Phi) is 3.66. The standard InChI is InChI=1S/C12H18ClN3/c1-15-10-4-2-3-8(5-10)11-6-9(13)7-16-12(11)14/h6-8,10,15H,2-5H2,1H3,(H2,14,16). The molecule has 1 aliphatic carbocycles. The molecule has 16 heavy (non-hydrogen) atoms. The highest BCUT2D eigenvalue weighted by Gasteiger charge is 2.24. The van der Waals surface area contributed by atoms with Crippen LogP contribution in [0.2, 0.25) is 5.02 Å². The summed E-state index contributed by atoms with van der Waals surface area (Å²) in [7, 11) is 2.02. The number of nitrogens with one attached hydrogen (secondary N) is 1. The van der Waals surface area contributed by atoms with E-state index in [9.17, 15) is 0 Å². The zero-order valence-corrected chi connectivity index (χ0v) is 10.3. The maximum atomic E-state index is 5.97. The second-order valence-corrected chi connectivity index (χ2v) is 4.91. The molecule has 3 N–H and O–H groups in total. The third kappa shape index (κ3) is 2.47. The molecule has 0 bridgehead atoms. The fraction of sp³-hybridized carbons (Fsp3) is 0.583.